The SMILES string of the molecule is C[C@@H]1CN(CC(=O)N2CC(C)(C)c3c2cc(Cc2ccc(F)cc2)c2nc(C(F)(F)F)cn32)[C@@H](CN2CCOCC23CC3)CN1. The molecule has 7 rings (SSSR count). The van der Waals surface area contributed by atoms with E-state index in [1.807, 2.05) is 19.9 Å². The fraction of sp³-hybridized carbons (Fsp3) is 0.576. The summed E-state index contributed by atoms with van der Waals surface area (Å²) in [5.41, 5.74) is 1.25. The second kappa shape index (κ2) is 11.0. The Labute approximate surface area is 260 Å². The number of ether oxygens (including phenoxy) is 1. The zero-order valence-electron chi connectivity index (χ0n) is 26.0. The number of fused-ring (bicyclic) bond motifs is 3. The quantitative estimate of drug-likeness (QED) is 0.413. The van der Waals surface area contributed by atoms with Crippen LogP contribution in [0.25, 0.3) is 5.65 Å². The lowest BCUT2D eigenvalue weighted by molar-refractivity contribution is -0.140. The molecule has 3 aromatic rings. The molecule has 5 heterocycles. The van der Waals surface area contributed by atoms with Gasteiger partial charge in [-0.1, -0.05) is 26.0 Å². The molecule has 0 radical (unpaired) electrons. The van der Waals surface area contributed by atoms with Crippen LogP contribution < -0.4 is 10.2 Å². The fourth-order valence-corrected chi connectivity index (χ4v) is 7.52. The van der Waals surface area contributed by atoms with Crippen molar-refractivity contribution in [3.63, 3.8) is 0 Å². The lowest BCUT2D eigenvalue weighted by Crippen LogP contribution is -2.62. The molecule has 1 aliphatic carbocycles. The molecule has 4 aliphatic rings. The largest absolute Gasteiger partial charge is 0.434 e. The summed E-state index contributed by atoms with van der Waals surface area (Å²) < 4.78 is 62.7. The lowest BCUT2D eigenvalue weighted by atomic mass is 9.90. The van der Waals surface area contributed by atoms with Crippen molar-refractivity contribution >= 4 is 17.2 Å². The number of hydrogen-bond acceptors (Lipinski definition) is 6. The number of carbonyl (C=O) groups excluding carboxylic acids is 1. The highest BCUT2D eigenvalue weighted by molar-refractivity contribution is 5.98. The van der Waals surface area contributed by atoms with E-state index in [-0.39, 0.29) is 42.1 Å². The average molecular weight is 629 g/mol. The van der Waals surface area contributed by atoms with Crippen LogP contribution >= 0.6 is 0 Å². The molecule has 242 valence electrons. The van der Waals surface area contributed by atoms with E-state index in [0.717, 1.165) is 64.0 Å². The molecule has 1 spiro atoms. The van der Waals surface area contributed by atoms with Gasteiger partial charge >= 0.3 is 6.18 Å². The van der Waals surface area contributed by atoms with Gasteiger partial charge in [-0.3, -0.25) is 14.6 Å². The number of alkyl halides is 3. The zero-order chi connectivity index (χ0) is 31.7. The summed E-state index contributed by atoms with van der Waals surface area (Å²) >= 11 is 0. The van der Waals surface area contributed by atoms with E-state index in [9.17, 15) is 22.4 Å². The van der Waals surface area contributed by atoms with Crippen molar-refractivity contribution in [2.75, 3.05) is 57.4 Å². The van der Waals surface area contributed by atoms with Crippen molar-refractivity contribution in [2.24, 2.45) is 0 Å². The smallest absolute Gasteiger partial charge is 0.378 e. The second-order valence-electron chi connectivity index (χ2n) is 14.0. The number of benzene rings is 1. The van der Waals surface area contributed by atoms with Gasteiger partial charge in [0.1, 0.15) is 11.5 Å². The van der Waals surface area contributed by atoms with Crippen LogP contribution in [0.2, 0.25) is 0 Å². The van der Waals surface area contributed by atoms with Crippen LogP contribution in [-0.2, 0) is 27.5 Å². The number of imidazole rings is 1. The van der Waals surface area contributed by atoms with Gasteiger partial charge in [0.05, 0.1) is 31.1 Å². The number of piperazine rings is 1. The Balaban J connectivity index is 1.22. The normalized spacial score (nSPS) is 24.8. The van der Waals surface area contributed by atoms with E-state index in [4.69, 9.17) is 4.74 Å². The van der Waals surface area contributed by atoms with Crippen LogP contribution in [0.1, 0.15) is 56.1 Å². The minimum atomic E-state index is -4.63. The van der Waals surface area contributed by atoms with Gasteiger partial charge < -0.3 is 19.4 Å². The van der Waals surface area contributed by atoms with Crippen molar-refractivity contribution in [2.45, 2.75) is 69.2 Å². The number of anilines is 1. The molecule has 1 amide bonds. The summed E-state index contributed by atoms with van der Waals surface area (Å²) in [6, 6.07) is 8.09. The third kappa shape index (κ3) is 5.75. The molecular formula is C33H40F4N6O2. The van der Waals surface area contributed by atoms with Crippen LogP contribution in [0.15, 0.2) is 36.5 Å². The standard InChI is InChI=1S/C33H40F4N6O2/c1-21-15-40(25(14-38-21)16-41-10-11-45-20-32(41)8-9-32)18-28(44)43-19-31(2,3)29-26(43)13-23(12-22-4-6-24(34)7-5-22)30-39-27(17-42(29)30)33(35,36)37/h4-7,13,17,21,25,38H,8-12,14-16,18-20H2,1-3H3/t21-,25-/m1/s1. The highest BCUT2D eigenvalue weighted by atomic mass is 19.4. The minimum absolute atomic E-state index is 0.0766. The van der Waals surface area contributed by atoms with E-state index in [0.29, 0.717) is 23.5 Å². The van der Waals surface area contributed by atoms with Gasteiger partial charge in [0.25, 0.3) is 0 Å². The number of nitrogens with one attached hydrogen (secondary N) is 1. The molecule has 1 aromatic carbocycles. The highest BCUT2D eigenvalue weighted by Crippen LogP contribution is 2.45. The Morgan fingerprint density at radius 2 is 1.93 bits per heavy atom. The number of aromatic nitrogens is 2. The molecule has 2 atom stereocenters. The van der Waals surface area contributed by atoms with Gasteiger partial charge in [0.2, 0.25) is 5.91 Å². The average Bonchev–Trinajstić information content (AvgIpc) is 3.48. The molecule has 0 bridgehead atoms. The molecule has 3 fully saturated rings. The number of nitrogens with zero attached hydrogens (tertiary/aromatic N) is 5. The van der Waals surface area contributed by atoms with Crippen LogP contribution in [0, 0.1) is 5.82 Å². The van der Waals surface area contributed by atoms with Crippen molar-refractivity contribution in [1.29, 1.82) is 0 Å². The summed E-state index contributed by atoms with van der Waals surface area (Å²) in [7, 11) is 0. The molecule has 12 heteroatoms. The van der Waals surface area contributed by atoms with Gasteiger partial charge in [-0.25, -0.2) is 9.37 Å². The Morgan fingerprint density at radius 3 is 2.64 bits per heavy atom. The Bertz CT molecular complexity index is 1600. The third-order valence-corrected chi connectivity index (χ3v) is 10.0. The molecule has 2 aromatic heterocycles. The summed E-state index contributed by atoms with van der Waals surface area (Å²) in [4.78, 5) is 24.8. The first-order chi connectivity index (χ1) is 21.3. The molecule has 1 N–H and O–H groups in total. The van der Waals surface area contributed by atoms with Crippen LogP contribution in [0.4, 0.5) is 23.2 Å². The number of rotatable bonds is 6. The summed E-state index contributed by atoms with van der Waals surface area (Å²) in [6.07, 6.45) is -1.06. The monoisotopic (exact) mass is 628 g/mol. The Kier molecular flexibility index (Phi) is 7.50. The molecule has 8 nitrogen and oxygen atoms in total. The predicted octanol–water partition coefficient (Wildman–Crippen LogP) is 4.23. The Hall–Kier alpha value is -3.06. The summed E-state index contributed by atoms with van der Waals surface area (Å²) in [5, 5.41) is 3.59. The first-order valence-corrected chi connectivity index (χ1v) is 15.8. The first kappa shape index (κ1) is 30.6. The number of hydrogen-bond donors (Lipinski definition) is 1. The number of halogens is 4. The maximum atomic E-state index is 14.2. The number of amides is 1. The number of pyridine rings is 1. The molecule has 0 unspecified atom stereocenters. The van der Waals surface area contributed by atoms with Gasteiger partial charge in [-0.15, -0.1) is 0 Å². The van der Waals surface area contributed by atoms with E-state index < -0.39 is 23.1 Å². The third-order valence-electron chi connectivity index (χ3n) is 10.0. The van der Waals surface area contributed by atoms with Gasteiger partial charge in [0.15, 0.2) is 5.69 Å². The van der Waals surface area contributed by atoms with Crippen molar-refractivity contribution in [1.82, 2.24) is 24.5 Å². The summed E-state index contributed by atoms with van der Waals surface area (Å²) in [5.74, 6) is -0.467. The highest BCUT2D eigenvalue weighted by Gasteiger charge is 2.51. The number of carbonyl (C=O) groups is 1. The second-order valence-corrected chi connectivity index (χ2v) is 14.0. The number of morpholine rings is 1. The predicted molar refractivity (Wildman–Crippen MR) is 162 cm³/mol. The van der Waals surface area contributed by atoms with Crippen molar-refractivity contribution in [3.8, 4) is 0 Å². The van der Waals surface area contributed by atoms with Crippen LogP contribution in [-0.4, -0.2) is 95.2 Å². The Morgan fingerprint density at radius 1 is 1.18 bits per heavy atom. The maximum absolute atomic E-state index is 14.2. The molecule has 45 heavy (non-hydrogen) atoms. The molecule has 1 saturated carbocycles. The van der Waals surface area contributed by atoms with Gasteiger partial charge in [-0.2, -0.15) is 13.2 Å². The molecule has 2 saturated heterocycles. The van der Waals surface area contributed by atoms with Crippen molar-refractivity contribution in [3.05, 3.63) is 64.9 Å². The topological polar surface area (TPSA) is 65.4 Å². The first-order valence-electron chi connectivity index (χ1n) is 15.8. The lowest BCUT2D eigenvalue weighted by Gasteiger charge is -2.44. The van der Waals surface area contributed by atoms with E-state index in [1.165, 1.54) is 16.5 Å². The van der Waals surface area contributed by atoms with E-state index >= 15 is 0 Å². The molecular weight excluding hydrogens is 588 g/mol. The fourth-order valence-electron chi connectivity index (χ4n) is 7.52. The van der Waals surface area contributed by atoms with E-state index in [2.05, 4.69) is 27.0 Å². The van der Waals surface area contributed by atoms with Gasteiger partial charge in [-0.05, 0) is 43.5 Å². The minimum Gasteiger partial charge on any atom is -0.378 e. The zero-order valence-corrected chi connectivity index (χ0v) is 26.0. The molecule has 3 aliphatic heterocycles. The van der Waals surface area contributed by atoms with Crippen molar-refractivity contribution < 1.29 is 27.1 Å². The van der Waals surface area contributed by atoms with Crippen LogP contribution in [0.3, 0.4) is 0 Å². The van der Waals surface area contributed by atoms with Crippen LogP contribution in [0.5, 0.6) is 0 Å². The maximum Gasteiger partial charge on any atom is 0.434 e. The van der Waals surface area contributed by atoms with E-state index in [1.54, 1.807) is 17.0 Å². The summed E-state index contributed by atoms with van der Waals surface area (Å²) in [6.45, 7) is 11.3. The van der Waals surface area contributed by atoms with Gasteiger partial charge in [0, 0.05) is 73.9 Å².